The number of nitrogens with one attached hydrogen (secondary N) is 1. The Morgan fingerprint density at radius 2 is 2.00 bits per heavy atom. The minimum absolute atomic E-state index is 0.124. The zero-order chi connectivity index (χ0) is 20.1. The molecule has 0 saturated heterocycles. The van der Waals surface area contributed by atoms with Crippen LogP contribution in [0.15, 0.2) is 29.2 Å². The summed E-state index contributed by atoms with van der Waals surface area (Å²) in [5.74, 6) is -1.52. The number of anilines is 1. The number of primary amides is 1. The zero-order valence-corrected chi connectivity index (χ0v) is 15.6. The number of carboxylic acid groups (broad SMARTS) is 1. The number of H-pyrrole nitrogens is 1. The second kappa shape index (κ2) is 12.6. The Kier molecular flexibility index (Phi) is 11.3. The van der Waals surface area contributed by atoms with Crippen LogP contribution in [-0.4, -0.2) is 38.9 Å². The third kappa shape index (κ3) is 12.7. The maximum Gasteiger partial charge on any atom is 0.335 e. The number of rotatable bonds is 5. The maximum absolute atomic E-state index is 10.3. The van der Waals surface area contributed by atoms with Crippen LogP contribution in [0.2, 0.25) is 0 Å². The molecule has 0 fully saturated rings. The number of amides is 1. The summed E-state index contributed by atoms with van der Waals surface area (Å²) >= 11 is 9.93. The van der Waals surface area contributed by atoms with Crippen LogP contribution in [0.5, 0.6) is 0 Å². The number of hydrogen-bond donors (Lipinski definition) is 5. The summed E-state index contributed by atoms with van der Waals surface area (Å²) in [6, 6.07) is 6.33. The normalized spacial score (nSPS) is 8.96. The van der Waals surface area contributed by atoms with Gasteiger partial charge in [-0.1, -0.05) is 11.3 Å². The largest absolute Gasteiger partial charge is 0.478 e. The molecule has 11 nitrogen and oxygen atoms in total. The van der Waals surface area contributed by atoms with Crippen LogP contribution < -0.4 is 11.5 Å². The third-order valence-electron chi connectivity index (χ3n) is 2.11. The Labute approximate surface area is 161 Å². The van der Waals surface area contributed by atoms with Gasteiger partial charge in [-0.15, -0.1) is 27.8 Å². The molecule has 1 heterocycles. The zero-order valence-electron chi connectivity index (χ0n) is 13.0. The van der Waals surface area contributed by atoms with Gasteiger partial charge in [0.15, 0.2) is 3.95 Å². The number of benzene rings is 1. The standard InChI is InChI=1S/C7H6O2S.C3H6N2O4.C2H3N3S2/c8-7(9)5-1-3-6(10)4-2-5;4-3(6)1-2-9-5(7)8;3-1-4-5-2(6)7-1/h1-4,10H,(H,8,9);1-2H2,(H2,4,6);(H2,3,4)(H,5,6). The van der Waals surface area contributed by atoms with Gasteiger partial charge in [-0.3, -0.25) is 9.89 Å². The second-order valence-corrected chi connectivity index (χ2v) is 6.29. The molecule has 1 aromatic heterocycles. The first-order chi connectivity index (χ1) is 12.1. The Morgan fingerprint density at radius 1 is 1.42 bits per heavy atom. The van der Waals surface area contributed by atoms with Crippen molar-refractivity contribution in [2.75, 3.05) is 12.3 Å². The smallest absolute Gasteiger partial charge is 0.335 e. The molecule has 0 unspecified atom stereocenters. The fourth-order valence-corrected chi connectivity index (χ4v) is 1.89. The SMILES string of the molecule is NC(=O)CCO[N+](=O)[O-].Nc1n[nH]c(=S)s1.O=C(O)c1ccc(S)cc1. The number of carbonyl (C=O) groups excluding carboxylic acids is 1. The average molecular weight is 421 g/mol. The molecule has 2 aromatic rings. The minimum atomic E-state index is -0.969. The molecule has 0 atom stereocenters. The summed E-state index contributed by atoms with van der Waals surface area (Å²) in [4.78, 5) is 34.1. The number of thiol groups is 1. The van der Waals surface area contributed by atoms with Crippen molar-refractivity contribution in [3.05, 3.63) is 43.9 Å². The molecule has 1 aromatic carbocycles. The van der Waals surface area contributed by atoms with E-state index < -0.39 is 17.0 Å². The lowest BCUT2D eigenvalue weighted by molar-refractivity contribution is -0.757. The molecule has 0 saturated carbocycles. The minimum Gasteiger partial charge on any atom is -0.478 e. The number of nitrogen functional groups attached to an aromatic ring is 1. The number of aromatic carboxylic acids is 1. The van der Waals surface area contributed by atoms with Crippen molar-refractivity contribution in [2.24, 2.45) is 5.73 Å². The Hall–Kier alpha value is -2.71. The maximum atomic E-state index is 10.3. The van der Waals surface area contributed by atoms with Crippen molar-refractivity contribution < 1.29 is 24.6 Å². The molecule has 142 valence electrons. The van der Waals surface area contributed by atoms with Gasteiger partial charge in [0.05, 0.1) is 12.0 Å². The van der Waals surface area contributed by atoms with Crippen LogP contribution in [0.1, 0.15) is 16.8 Å². The van der Waals surface area contributed by atoms with Gasteiger partial charge in [-0.2, -0.15) is 0 Å². The predicted octanol–water partition coefficient (Wildman–Crippen LogP) is 1.53. The first-order valence-corrected chi connectivity index (χ1v) is 8.18. The average Bonchev–Trinajstić information content (AvgIpc) is 2.91. The van der Waals surface area contributed by atoms with Gasteiger partial charge in [-0.25, -0.2) is 4.79 Å². The number of carboxylic acids is 1. The van der Waals surface area contributed by atoms with Crippen molar-refractivity contribution in [3.8, 4) is 0 Å². The van der Waals surface area contributed by atoms with Crippen LogP contribution in [-0.2, 0) is 9.63 Å². The summed E-state index contributed by atoms with van der Waals surface area (Å²) in [5, 5.41) is 23.5. The highest BCUT2D eigenvalue weighted by molar-refractivity contribution is 7.80. The van der Waals surface area contributed by atoms with E-state index in [-0.39, 0.29) is 18.6 Å². The van der Waals surface area contributed by atoms with E-state index in [1.165, 1.54) is 23.5 Å². The highest BCUT2D eigenvalue weighted by Crippen LogP contribution is 2.07. The van der Waals surface area contributed by atoms with E-state index in [4.69, 9.17) is 10.8 Å². The fourth-order valence-electron chi connectivity index (χ4n) is 1.07. The molecule has 14 heteroatoms. The molecule has 2 rings (SSSR count). The highest BCUT2D eigenvalue weighted by atomic mass is 32.1. The summed E-state index contributed by atoms with van der Waals surface area (Å²) < 4.78 is 0.623. The summed E-state index contributed by atoms with van der Waals surface area (Å²) in [7, 11) is 0. The molecule has 0 radical (unpaired) electrons. The van der Waals surface area contributed by atoms with Crippen LogP contribution in [0.4, 0.5) is 5.13 Å². The Morgan fingerprint density at radius 3 is 2.31 bits per heavy atom. The molecule has 6 N–H and O–H groups in total. The lowest BCUT2D eigenvalue weighted by Crippen LogP contribution is -2.14. The molecule has 26 heavy (non-hydrogen) atoms. The van der Waals surface area contributed by atoms with Crippen molar-refractivity contribution in [1.82, 2.24) is 10.2 Å². The van der Waals surface area contributed by atoms with Crippen LogP contribution in [0.25, 0.3) is 0 Å². The van der Waals surface area contributed by atoms with Gasteiger partial charge in [-0.05, 0) is 36.5 Å². The van der Waals surface area contributed by atoms with E-state index in [1.807, 2.05) is 0 Å². The summed E-state index contributed by atoms with van der Waals surface area (Å²) in [5.41, 5.74) is 10.1. The van der Waals surface area contributed by atoms with E-state index in [1.54, 1.807) is 12.1 Å². The number of nitrogens with two attached hydrogens (primary N) is 2. The van der Waals surface area contributed by atoms with E-state index in [0.717, 1.165) is 4.90 Å². The molecular weight excluding hydrogens is 406 g/mol. The van der Waals surface area contributed by atoms with E-state index in [9.17, 15) is 19.7 Å². The van der Waals surface area contributed by atoms with Gasteiger partial charge in [0.2, 0.25) is 11.0 Å². The van der Waals surface area contributed by atoms with Crippen LogP contribution >= 0.6 is 36.2 Å². The Balaban J connectivity index is 0.000000366. The number of aromatic nitrogens is 2. The molecule has 0 aliphatic rings. The number of nitrogens with zero attached hydrogens (tertiary/aromatic N) is 2. The number of hydrogen-bond acceptors (Lipinski definition) is 10. The van der Waals surface area contributed by atoms with Crippen molar-refractivity contribution >= 4 is 53.2 Å². The summed E-state index contributed by atoms with van der Waals surface area (Å²) in [6.07, 6.45) is -0.124. The third-order valence-corrected chi connectivity index (χ3v) is 3.33. The van der Waals surface area contributed by atoms with Crippen LogP contribution in [0.3, 0.4) is 0 Å². The molecule has 1 amide bonds. The molecule has 0 aliphatic carbocycles. The van der Waals surface area contributed by atoms with Crippen molar-refractivity contribution in [3.63, 3.8) is 0 Å². The van der Waals surface area contributed by atoms with Gasteiger partial charge in [0, 0.05) is 4.90 Å². The van der Waals surface area contributed by atoms with E-state index >= 15 is 0 Å². The first-order valence-electron chi connectivity index (χ1n) is 6.50. The lowest BCUT2D eigenvalue weighted by Gasteiger charge is -1.92. The number of aromatic amines is 1. The number of carbonyl (C=O) groups is 2. The predicted molar refractivity (Wildman–Crippen MR) is 99.1 cm³/mol. The van der Waals surface area contributed by atoms with Crippen molar-refractivity contribution in [1.29, 1.82) is 0 Å². The fraction of sp³-hybridized carbons (Fsp3) is 0.167. The Bertz CT molecular complexity index is 762. The van der Waals surface area contributed by atoms with Crippen molar-refractivity contribution in [2.45, 2.75) is 11.3 Å². The highest BCUT2D eigenvalue weighted by Gasteiger charge is 1.99. The molecule has 0 bridgehead atoms. The summed E-state index contributed by atoms with van der Waals surface area (Å²) in [6.45, 7) is -0.262. The molecule has 0 spiro atoms. The van der Waals surface area contributed by atoms with Gasteiger partial charge in [0.25, 0.3) is 5.09 Å². The molecule has 0 aliphatic heterocycles. The van der Waals surface area contributed by atoms with Crippen LogP contribution in [0, 0.1) is 14.1 Å². The van der Waals surface area contributed by atoms with Gasteiger partial charge < -0.3 is 21.4 Å². The van der Waals surface area contributed by atoms with Gasteiger partial charge in [0.1, 0.15) is 6.61 Å². The molecular formula is C12H15N5O6S3. The first kappa shape index (κ1) is 23.3. The second-order valence-electron chi connectivity index (χ2n) is 4.08. The van der Waals surface area contributed by atoms with E-state index in [0.29, 0.717) is 9.09 Å². The van der Waals surface area contributed by atoms with Gasteiger partial charge >= 0.3 is 5.97 Å². The quantitative estimate of drug-likeness (QED) is 0.206. The lowest BCUT2D eigenvalue weighted by atomic mass is 10.2. The van der Waals surface area contributed by atoms with E-state index in [2.05, 4.69) is 45.6 Å². The topological polar surface area (TPSA) is 187 Å². The monoisotopic (exact) mass is 421 g/mol.